The summed E-state index contributed by atoms with van der Waals surface area (Å²) in [5.74, 6) is 3.97. The molecule has 0 aliphatic carbocycles. The normalized spacial score (nSPS) is 9.87. The largest absolute Gasteiger partial charge is 0.478 e. The third-order valence-electron chi connectivity index (χ3n) is 2.62. The zero-order chi connectivity index (χ0) is 17.8. The number of aliphatic carboxylic acids is 1. The number of rotatable bonds is 9. The molecule has 1 N–H and O–H groups in total. The van der Waals surface area contributed by atoms with Gasteiger partial charge >= 0.3 is 11.9 Å². The van der Waals surface area contributed by atoms with Crippen molar-refractivity contribution in [3.05, 3.63) is 24.3 Å². The van der Waals surface area contributed by atoms with Crippen molar-refractivity contribution in [1.82, 2.24) is 0 Å². The van der Waals surface area contributed by atoms with Crippen LogP contribution in [-0.2, 0) is 14.3 Å². The highest BCUT2D eigenvalue weighted by molar-refractivity contribution is 5.88. The van der Waals surface area contributed by atoms with Crippen molar-refractivity contribution in [1.29, 1.82) is 0 Å². The quantitative estimate of drug-likeness (QED) is 0.169. The summed E-state index contributed by atoms with van der Waals surface area (Å²) in [4.78, 5) is 20.7. The highest BCUT2D eigenvalue weighted by Gasteiger charge is 1.91. The van der Waals surface area contributed by atoms with Gasteiger partial charge in [-0.15, -0.1) is 0 Å². The molecule has 0 unspecified atom stereocenters. The van der Waals surface area contributed by atoms with Crippen LogP contribution in [0.2, 0.25) is 0 Å². The van der Waals surface area contributed by atoms with E-state index in [4.69, 9.17) is 5.11 Å². The highest BCUT2D eigenvalue weighted by atomic mass is 16.5. The van der Waals surface area contributed by atoms with E-state index in [9.17, 15) is 9.59 Å². The highest BCUT2D eigenvalue weighted by Crippen LogP contribution is 2.00. The van der Waals surface area contributed by atoms with E-state index in [1.165, 1.54) is 25.3 Å². The standard InChI is InChI=1S/C11H18O2.C8H12O2/c1-3-5-6-7-8-9-10-11(12)13-4-2;1-2-3-4-5-6-7-8(9)10/h3-8H2,1-2H3;2-3,6-7H,4-5H2,1H3,(H,9,10)/b;3-2+,7-6+. The molecule has 130 valence electrons. The molecule has 4 nitrogen and oxygen atoms in total. The predicted molar refractivity (Wildman–Crippen MR) is 94.0 cm³/mol. The Hall–Kier alpha value is -2.02. The Bertz CT molecular complexity index is 411. The molecule has 0 rings (SSSR count). The zero-order valence-electron chi connectivity index (χ0n) is 14.6. The summed E-state index contributed by atoms with van der Waals surface area (Å²) in [6, 6.07) is 0. The van der Waals surface area contributed by atoms with Crippen molar-refractivity contribution in [2.45, 2.75) is 65.7 Å². The Morgan fingerprint density at radius 2 is 1.78 bits per heavy atom. The van der Waals surface area contributed by atoms with Crippen molar-refractivity contribution in [2.24, 2.45) is 0 Å². The SMILES string of the molecule is C/C=C/CC/C=C/C(=O)O.CCCCCCC#CC(=O)OCC. The van der Waals surface area contributed by atoms with Gasteiger partial charge in [0.2, 0.25) is 0 Å². The van der Waals surface area contributed by atoms with Gasteiger partial charge in [0.1, 0.15) is 0 Å². The first-order chi connectivity index (χ1) is 11.1. The molecule has 0 amide bonds. The molecule has 0 saturated carbocycles. The molecule has 0 atom stereocenters. The van der Waals surface area contributed by atoms with E-state index in [1.807, 2.05) is 19.1 Å². The fourth-order valence-electron chi connectivity index (χ4n) is 1.49. The smallest absolute Gasteiger partial charge is 0.384 e. The second kappa shape index (κ2) is 20.0. The zero-order valence-corrected chi connectivity index (χ0v) is 14.6. The molecule has 0 heterocycles. The van der Waals surface area contributed by atoms with Gasteiger partial charge in [0.25, 0.3) is 0 Å². The van der Waals surface area contributed by atoms with Gasteiger partial charge in [-0.2, -0.15) is 0 Å². The second-order valence-electron chi connectivity index (χ2n) is 4.72. The van der Waals surface area contributed by atoms with Crippen molar-refractivity contribution in [2.75, 3.05) is 6.61 Å². The van der Waals surface area contributed by atoms with Gasteiger partial charge in [-0.3, -0.25) is 0 Å². The summed E-state index contributed by atoms with van der Waals surface area (Å²) in [6.45, 7) is 6.30. The Balaban J connectivity index is 0. The number of unbranched alkanes of at least 4 members (excludes halogenated alkanes) is 5. The van der Waals surface area contributed by atoms with Gasteiger partial charge < -0.3 is 9.84 Å². The average Bonchev–Trinajstić information content (AvgIpc) is 2.51. The Morgan fingerprint density at radius 3 is 2.35 bits per heavy atom. The van der Waals surface area contributed by atoms with Gasteiger partial charge in [-0.1, -0.05) is 50.3 Å². The van der Waals surface area contributed by atoms with Gasteiger partial charge in [0.15, 0.2) is 0 Å². The van der Waals surface area contributed by atoms with Crippen LogP contribution in [0.25, 0.3) is 0 Å². The van der Waals surface area contributed by atoms with E-state index in [-0.39, 0.29) is 0 Å². The number of carboxylic acid groups (broad SMARTS) is 1. The number of hydrogen-bond donors (Lipinski definition) is 1. The van der Waals surface area contributed by atoms with Crippen LogP contribution < -0.4 is 0 Å². The first-order valence-electron chi connectivity index (χ1n) is 8.24. The van der Waals surface area contributed by atoms with Crippen LogP contribution in [0.5, 0.6) is 0 Å². The maximum atomic E-state index is 10.7. The first kappa shape index (κ1) is 23.2. The van der Waals surface area contributed by atoms with Gasteiger partial charge in [-0.25, -0.2) is 9.59 Å². The number of hydrogen-bond acceptors (Lipinski definition) is 3. The molecule has 0 aromatic heterocycles. The second-order valence-corrected chi connectivity index (χ2v) is 4.72. The minimum atomic E-state index is -0.875. The molecule has 0 aromatic rings. The van der Waals surface area contributed by atoms with Gasteiger partial charge in [0.05, 0.1) is 6.61 Å². The molecule has 0 spiro atoms. The molecule has 4 heteroatoms. The number of esters is 1. The van der Waals surface area contributed by atoms with E-state index < -0.39 is 11.9 Å². The lowest BCUT2D eigenvalue weighted by Gasteiger charge is -1.92. The van der Waals surface area contributed by atoms with Crippen molar-refractivity contribution < 1.29 is 19.4 Å². The lowest BCUT2D eigenvalue weighted by atomic mass is 10.2. The number of carbonyl (C=O) groups is 2. The average molecular weight is 322 g/mol. The van der Waals surface area contributed by atoms with Gasteiger partial charge in [-0.05, 0) is 33.1 Å². The van der Waals surface area contributed by atoms with E-state index >= 15 is 0 Å². The van der Waals surface area contributed by atoms with Crippen LogP contribution in [-0.4, -0.2) is 23.7 Å². The summed E-state index contributed by atoms with van der Waals surface area (Å²) < 4.78 is 4.66. The summed E-state index contributed by atoms with van der Waals surface area (Å²) in [5, 5.41) is 8.17. The van der Waals surface area contributed by atoms with Gasteiger partial charge in [0, 0.05) is 18.4 Å². The Labute approximate surface area is 140 Å². The van der Waals surface area contributed by atoms with Crippen LogP contribution in [0.3, 0.4) is 0 Å². The summed E-state index contributed by atoms with van der Waals surface area (Å²) in [6.07, 6.45) is 14.1. The maximum Gasteiger partial charge on any atom is 0.384 e. The maximum absolute atomic E-state index is 10.7. The number of allylic oxidation sites excluding steroid dienone is 3. The number of carboxylic acids is 1. The fraction of sp³-hybridized carbons (Fsp3) is 0.579. The molecular weight excluding hydrogens is 292 g/mol. The molecule has 0 aliphatic rings. The van der Waals surface area contributed by atoms with Crippen LogP contribution in [0.1, 0.15) is 65.7 Å². The van der Waals surface area contributed by atoms with E-state index in [1.54, 1.807) is 13.0 Å². The van der Waals surface area contributed by atoms with Crippen molar-refractivity contribution >= 4 is 11.9 Å². The van der Waals surface area contributed by atoms with Crippen LogP contribution in [0.15, 0.2) is 24.3 Å². The molecule has 0 radical (unpaired) electrons. The summed E-state index contributed by atoms with van der Waals surface area (Å²) >= 11 is 0. The predicted octanol–water partition coefficient (Wildman–Crippen LogP) is 4.51. The van der Waals surface area contributed by atoms with E-state index in [0.29, 0.717) is 6.61 Å². The monoisotopic (exact) mass is 322 g/mol. The van der Waals surface area contributed by atoms with Crippen molar-refractivity contribution in [3.8, 4) is 11.8 Å². The molecule has 0 saturated heterocycles. The lowest BCUT2D eigenvalue weighted by Crippen LogP contribution is -1.99. The Kier molecular flexibility index (Phi) is 20.2. The van der Waals surface area contributed by atoms with Crippen LogP contribution in [0.4, 0.5) is 0 Å². The molecule has 0 aliphatic heterocycles. The fourth-order valence-corrected chi connectivity index (χ4v) is 1.49. The molecule has 23 heavy (non-hydrogen) atoms. The number of carbonyl (C=O) groups excluding carboxylic acids is 1. The molecule has 0 bridgehead atoms. The number of ether oxygens (including phenoxy) is 1. The molecular formula is C19H30O4. The first-order valence-corrected chi connectivity index (χ1v) is 8.24. The minimum absolute atomic E-state index is 0.405. The minimum Gasteiger partial charge on any atom is -0.478 e. The third kappa shape index (κ3) is 25.3. The van der Waals surface area contributed by atoms with E-state index in [2.05, 4.69) is 23.5 Å². The molecule has 0 fully saturated rings. The topological polar surface area (TPSA) is 63.6 Å². The summed E-state index contributed by atoms with van der Waals surface area (Å²) in [5.41, 5.74) is 0. The van der Waals surface area contributed by atoms with Crippen molar-refractivity contribution in [3.63, 3.8) is 0 Å². The summed E-state index contributed by atoms with van der Waals surface area (Å²) in [7, 11) is 0. The third-order valence-corrected chi connectivity index (χ3v) is 2.62. The van der Waals surface area contributed by atoms with Crippen LogP contribution >= 0.6 is 0 Å². The van der Waals surface area contributed by atoms with Crippen LogP contribution in [0, 0.1) is 11.8 Å². The Morgan fingerprint density at radius 1 is 1.09 bits per heavy atom. The lowest BCUT2D eigenvalue weighted by molar-refractivity contribution is -0.136. The molecule has 0 aromatic carbocycles. The van der Waals surface area contributed by atoms with E-state index in [0.717, 1.165) is 25.7 Å².